The van der Waals surface area contributed by atoms with Crippen LogP contribution in [0.1, 0.15) is 44.1 Å². The lowest BCUT2D eigenvalue weighted by Crippen LogP contribution is -2.47. The third-order valence-corrected chi connectivity index (χ3v) is 5.87. The van der Waals surface area contributed by atoms with Gasteiger partial charge < -0.3 is 24.1 Å². The number of aryl methyl sites for hydroxylation is 1. The van der Waals surface area contributed by atoms with Gasteiger partial charge in [-0.05, 0) is 39.5 Å². The van der Waals surface area contributed by atoms with Crippen molar-refractivity contribution in [2.24, 2.45) is 4.99 Å². The van der Waals surface area contributed by atoms with E-state index in [9.17, 15) is 0 Å². The highest BCUT2D eigenvalue weighted by Crippen LogP contribution is 2.21. The van der Waals surface area contributed by atoms with Crippen LogP contribution in [0.2, 0.25) is 0 Å². The molecule has 1 unspecified atom stereocenters. The van der Waals surface area contributed by atoms with Gasteiger partial charge >= 0.3 is 0 Å². The number of hydrogen-bond donors (Lipinski definition) is 1. The zero-order valence-corrected chi connectivity index (χ0v) is 21.4. The molecular weight excluding hydrogens is 519 g/mol. The van der Waals surface area contributed by atoms with Gasteiger partial charge in [0, 0.05) is 31.8 Å². The van der Waals surface area contributed by atoms with E-state index in [1.165, 1.54) is 5.56 Å². The van der Waals surface area contributed by atoms with Crippen LogP contribution in [0.3, 0.4) is 0 Å². The molecule has 0 aliphatic carbocycles. The van der Waals surface area contributed by atoms with Gasteiger partial charge in [-0.15, -0.1) is 24.0 Å². The molecule has 0 saturated carbocycles. The van der Waals surface area contributed by atoms with Crippen LogP contribution < -0.4 is 5.32 Å². The van der Waals surface area contributed by atoms with E-state index in [1.54, 1.807) is 6.20 Å². The molecule has 1 aromatic carbocycles. The van der Waals surface area contributed by atoms with Crippen molar-refractivity contribution in [1.82, 2.24) is 15.2 Å². The monoisotopic (exact) mass is 554 g/mol. The van der Waals surface area contributed by atoms with Crippen LogP contribution in [0.5, 0.6) is 0 Å². The van der Waals surface area contributed by atoms with Crippen LogP contribution in [0.4, 0.5) is 0 Å². The van der Waals surface area contributed by atoms with Crippen molar-refractivity contribution in [2.45, 2.75) is 58.3 Å². The Hall–Kier alpha value is -1.65. The lowest BCUT2D eigenvalue weighted by atomic mass is 10.1. The number of likely N-dealkylation sites (tertiary alicyclic amines) is 1. The standard InChI is InChI=1S/C24H34N4O3.HI/c1-3-25-24(28-12-10-20(11-13-28)30-17-21-5-4-14-29-21)27-16-23-26-15-22(31-23)19-8-6-18(2)7-9-19;/h6-9,15,20-21H,3-5,10-14,16-17H2,1-2H3,(H,25,27);1H. The summed E-state index contributed by atoms with van der Waals surface area (Å²) in [6.45, 7) is 8.89. The van der Waals surface area contributed by atoms with Gasteiger partial charge in [0.2, 0.25) is 5.89 Å². The summed E-state index contributed by atoms with van der Waals surface area (Å²) in [7, 11) is 0. The van der Waals surface area contributed by atoms with Crippen LogP contribution in [0.25, 0.3) is 11.3 Å². The van der Waals surface area contributed by atoms with Gasteiger partial charge in [0.05, 0.1) is 25.0 Å². The van der Waals surface area contributed by atoms with Crippen LogP contribution in [0, 0.1) is 6.92 Å². The van der Waals surface area contributed by atoms with E-state index in [1.807, 2.05) is 0 Å². The van der Waals surface area contributed by atoms with Crippen molar-refractivity contribution < 1.29 is 13.9 Å². The minimum absolute atomic E-state index is 0. The van der Waals surface area contributed by atoms with Crippen molar-refractivity contribution in [3.8, 4) is 11.3 Å². The molecule has 0 radical (unpaired) electrons. The highest BCUT2D eigenvalue weighted by atomic mass is 127. The van der Waals surface area contributed by atoms with Crippen LogP contribution in [0.15, 0.2) is 39.9 Å². The van der Waals surface area contributed by atoms with E-state index in [2.05, 4.69) is 53.3 Å². The fourth-order valence-corrected chi connectivity index (χ4v) is 4.06. The first-order chi connectivity index (χ1) is 15.2. The largest absolute Gasteiger partial charge is 0.439 e. The van der Waals surface area contributed by atoms with Crippen molar-refractivity contribution >= 4 is 29.9 Å². The number of ether oxygens (including phenoxy) is 2. The lowest BCUT2D eigenvalue weighted by molar-refractivity contribution is -0.0367. The average Bonchev–Trinajstić information content (AvgIpc) is 3.48. The summed E-state index contributed by atoms with van der Waals surface area (Å²) < 4.78 is 17.7. The van der Waals surface area contributed by atoms with E-state index in [0.717, 1.165) is 75.8 Å². The van der Waals surface area contributed by atoms with Gasteiger partial charge in [-0.1, -0.05) is 29.8 Å². The number of aliphatic imine (C=N–C) groups is 1. The normalized spacial score (nSPS) is 19.8. The predicted molar refractivity (Wildman–Crippen MR) is 136 cm³/mol. The molecule has 2 saturated heterocycles. The van der Waals surface area contributed by atoms with E-state index in [-0.39, 0.29) is 24.0 Å². The number of hydrogen-bond acceptors (Lipinski definition) is 5. The maximum atomic E-state index is 6.10. The number of oxazole rings is 1. The first kappa shape index (κ1) is 25.0. The minimum Gasteiger partial charge on any atom is -0.439 e. The summed E-state index contributed by atoms with van der Waals surface area (Å²) in [5.74, 6) is 2.32. The molecule has 32 heavy (non-hydrogen) atoms. The van der Waals surface area contributed by atoms with Crippen molar-refractivity contribution in [2.75, 3.05) is 32.8 Å². The number of nitrogens with zero attached hydrogens (tertiary/aromatic N) is 3. The van der Waals surface area contributed by atoms with Crippen LogP contribution in [-0.4, -0.2) is 60.9 Å². The Kier molecular flexibility index (Phi) is 9.80. The molecule has 2 aromatic rings. The summed E-state index contributed by atoms with van der Waals surface area (Å²) in [4.78, 5) is 11.5. The smallest absolute Gasteiger partial charge is 0.216 e. The molecule has 2 aliphatic rings. The number of aromatic nitrogens is 1. The zero-order valence-electron chi connectivity index (χ0n) is 19.1. The van der Waals surface area contributed by atoms with Gasteiger partial charge in [-0.25, -0.2) is 9.98 Å². The molecule has 4 rings (SSSR count). The Morgan fingerprint density at radius 1 is 1.22 bits per heavy atom. The molecule has 2 fully saturated rings. The summed E-state index contributed by atoms with van der Waals surface area (Å²) in [6.07, 6.45) is 6.68. The highest BCUT2D eigenvalue weighted by Gasteiger charge is 2.24. The number of piperidine rings is 1. The number of guanidine groups is 1. The second-order valence-corrected chi connectivity index (χ2v) is 8.31. The number of benzene rings is 1. The molecule has 1 aromatic heterocycles. The first-order valence-electron chi connectivity index (χ1n) is 11.5. The van der Waals surface area contributed by atoms with Gasteiger partial charge in [0.1, 0.15) is 6.54 Å². The van der Waals surface area contributed by atoms with Gasteiger partial charge in [-0.3, -0.25) is 0 Å². The van der Waals surface area contributed by atoms with Gasteiger partial charge in [0.15, 0.2) is 11.7 Å². The Morgan fingerprint density at radius 2 is 2.00 bits per heavy atom. The Morgan fingerprint density at radius 3 is 2.69 bits per heavy atom. The third-order valence-electron chi connectivity index (χ3n) is 5.87. The fourth-order valence-electron chi connectivity index (χ4n) is 4.06. The fraction of sp³-hybridized carbons (Fsp3) is 0.583. The molecule has 1 N–H and O–H groups in total. The quantitative estimate of drug-likeness (QED) is 0.311. The van der Waals surface area contributed by atoms with Crippen molar-refractivity contribution in [3.63, 3.8) is 0 Å². The Balaban J connectivity index is 0.00000289. The van der Waals surface area contributed by atoms with E-state index < -0.39 is 0 Å². The number of halogens is 1. The molecule has 8 heteroatoms. The van der Waals surface area contributed by atoms with Crippen LogP contribution in [-0.2, 0) is 16.0 Å². The number of nitrogens with one attached hydrogen (secondary N) is 1. The molecule has 3 heterocycles. The maximum absolute atomic E-state index is 6.10. The van der Waals surface area contributed by atoms with Crippen LogP contribution >= 0.6 is 24.0 Å². The molecule has 2 aliphatic heterocycles. The lowest BCUT2D eigenvalue weighted by Gasteiger charge is -2.34. The van der Waals surface area contributed by atoms with Crippen molar-refractivity contribution in [3.05, 3.63) is 41.9 Å². The second kappa shape index (κ2) is 12.6. The molecule has 0 bridgehead atoms. The molecule has 1 atom stereocenters. The Labute approximate surface area is 208 Å². The molecule has 176 valence electrons. The predicted octanol–water partition coefficient (Wildman–Crippen LogP) is 4.39. The molecule has 0 amide bonds. The second-order valence-electron chi connectivity index (χ2n) is 8.31. The minimum atomic E-state index is 0. The first-order valence-corrected chi connectivity index (χ1v) is 11.5. The third kappa shape index (κ3) is 6.92. The number of rotatable bonds is 7. The zero-order chi connectivity index (χ0) is 21.5. The van der Waals surface area contributed by atoms with Crippen molar-refractivity contribution in [1.29, 1.82) is 0 Å². The van der Waals surface area contributed by atoms with E-state index in [0.29, 0.717) is 24.6 Å². The SMILES string of the molecule is CCNC(=NCc1ncc(-c2ccc(C)cc2)o1)N1CCC(OCC2CCCO2)CC1.I. The summed E-state index contributed by atoms with van der Waals surface area (Å²) in [5, 5.41) is 3.40. The average molecular weight is 554 g/mol. The van der Waals surface area contributed by atoms with E-state index in [4.69, 9.17) is 18.9 Å². The van der Waals surface area contributed by atoms with Gasteiger partial charge in [-0.2, -0.15) is 0 Å². The highest BCUT2D eigenvalue weighted by molar-refractivity contribution is 14.0. The molecule has 7 nitrogen and oxygen atoms in total. The maximum Gasteiger partial charge on any atom is 0.216 e. The summed E-state index contributed by atoms with van der Waals surface area (Å²) in [6, 6.07) is 8.26. The topological polar surface area (TPSA) is 72.1 Å². The molecule has 0 spiro atoms. The van der Waals surface area contributed by atoms with E-state index >= 15 is 0 Å². The molecular formula is C24H35IN4O3. The summed E-state index contributed by atoms with van der Waals surface area (Å²) >= 11 is 0. The summed E-state index contributed by atoms with van der Waals surface area (Å²) in [5.41, 5.74) is 2.26. The van der Waals surface area contributed by atoms with Gasteiger partial charge in [0.25, 0.3) is 0 Å². The Bertz CT molecular complexity index is 841.